The average molecular weight is 503 g/mol. The molecule has 7 nitrogen and oxygen atoms in total. The Labute approximate surface area is 207 Å². The van der Waals surface area contributed by atoms with E-state index in [-0.39, 0.29) is 15.6 Å². The summed E-state index contributed by atoms with van der Waals surface area (Å²) in [7, 11) is 1.52. The van der Waals surface area contributed by atoms with Crippen LogP contribution in [0.2, 0.25) is 10.0 Å². The highest BCUT2D eigenvalue weighted by molar-refractivity contribution is 6.42. The molecule has 0 bridgehead atoms. The van der Waals surface area contributed by atoms with E-state index in [1.807, 2.05) is 0 Å². The fourth-order valence-electron chi connectivity index (χ4n) is 4.67. The molecule has 0 aromatic heterocycles. The number of methoxy groups -OCH3 is 1. The SMILES string of the molecule is COc1ccc(C(=O)[C@@H](C)N(C(=O)c2ccc(Cl)c(Cl)c2)N2C(=O)[C@H]3CCCC[C@H]3C2=O)cc1. The summed E-state index contributed by atoms with van der Waals surface area (Å²) in [5.41, 5.74) is 0.427. The first-order valence-corrected chi connectivity index (χ1v) is 11.8. The van der Waals surface area contributed by atoms with Crippen molar-refractivity contribution < 1.29 is 23.9 Å². The lowest BCUT2D eigenvalue weighted by Gasteiger charge is -2.34. The molecule has 1 saturated heterocycles. The summed E-state index contributed by atoms with van der Waals surface area (Å²) >= 11 is 12.1. The largest absolute Gasteiger partial charge is 0.497 e. The van der Waals surface area contributed by atoms with Crippen molar-refractivity contribution in [1.82, 2.24) is 10.0 Å². The number of halogens is 2. The van der Waals surface area contributed by atoms with Crippen LogP contribution in [-0.4, -0.2) is 46.7 Å². The van der Waals surface area contributed by atoms with Gasteiger partial charge in [-0.3, -0.25) is 19.2 Å². The Morgan fingerprint density at radius 2 is 1.50 bits per heavy atom. The van der Waals surface area contributed by atoms with E-state index in [0.717, 1.165) is 22.9 Å². The van der Waals surface area contributed by atoms with Crippen LogP contribution in [0.25, 0.3) is 0 Å². The van der Waals surface area contributed by atoms with E-state index in [4.69, 9.17) is 27.9 Å². The van der Waals surface area contributed by atoms with Crippen LogP contribution in [0, 0.1) is 11.8 Å². The lowest BCUT2D eigenvalue weighted by atomic mass is 9.81. The Morgan fingerprint density at radius 1 is 0.941 bits per heavy atom. The van der Waals surface area contributed by atoms with Crippen LogP contribution in [0.3, 0.4) is 0 Å². The maximum atomic E-state index is 13.7. The molecule has 4 rings (SSSR count). The third-order valence-corrected chi connectivity index (χ3v) is 7.27. The van der Waals surface area contributed by atoms with Crippen LogP contribution in [0.5, 0.6) is 5.75 Å². The zero-order valence-electron chi connectivity index (χ0n) is 18.8. The van der Waals surface area contributed by atoms with Gasteiger partial charge in [-0.1, -0.05) is 36.0 Å². The van der Waals surface area contributed by atoms with Crippen LogP contribution in [0.15, 0.2) is 42.5 Å². The highest BCUT2D eigenvalue weighted by Crippen LogP contribution is 2.39. The van der Waals surface area contributed by atoms with E-state index in [1.165, 1.54) is 32.2 Å². The Balaban J connectivity index is 1.74. The summed E-state index contributed by atoms with van der Waals surface area (Å²) in [6, 6.07) is 9.55. The first kappa shape index (κ1) is 24.2. The zero-order chi connectivity index (χ0) is 24.6. The van der Waals surface area contributed by atoms with Crippen LogP contribution in [-0.2, 0) is 9.59 Å². The molecule has 178 valence electrons. The number of ether oxygens (including phenoxy) is 1. The Hall–Kier alpha value is -2.90. The molecule has 1 aliphatic carbocycles. The first-order valence-electron chi connectivity index (χ1n) is 11.1. The highest BCUT2D eigenvalue weighted by atomic mass is 35.5. The standard InChI is InChI=1S/C25H24Cl2N2O5/c1-14(22(30)15-7-10-17(34-2)11-8-15)28(23(31)16-9-12-20(26)21(27)13-16)29-24(32)18-5-3-4-6-19(18)25(29)33/h7-14,18-19H,3-6H2,1-2H3/t14-,18-,19+/m1/s1. The lowest BCUT2D eigenvalue weighted by Crippen LogP contribution is -2.56. The van der Waals surface area contributed by atoms with E-state index < -0.39 is 41.4 Å². The lowest BCUT2D eigenvalue weighted by molar-refractivity contribution is -0.156. The van der Waals surface area contributed by atoms with Crippen LogP contribution < -0.4 is 4.74 Å². The number of hydrogen-bond donors (Lipinski definition) is 0. The Bertz CT molecular complexity index is 1130. The maximum absolute atomic E-state index is 13.7. The summed E-state index contributed by atoms with van der Waals surface area (Å²) in [5, 5.41) is 2.27. The summed E-state index contributed by atoms with van der Waals surface area (Å²) in [6.45, 7) is 1.50. The van der Waals surface area contributed by atoms with Crippen molar-refractivity contribution in [3.05, 3.63) is 63.6 Å². The molecule has 2 aromatic rings. The Morgan fingerprint density at radius 3 is 2.03 bits per heavy atom. The highest BCUT2D eigenvalue weighted by Gasteiger charge is 2.53. The second-order valence-electron chi connectivity index (χ2n) is 8.53. The fraction of sp³-hybridized carbons (Fsp3) is 0.360. The van der Waals surface area contributed by atoms with E-state index in [9.17, 15) is 19.2 Å². The molecule has 0 N–H and O–H groups in total. The van der Waals surface area contributed by atoms with Gasteiger partial charge in [0, 0.05) is 11.1 Å². The smallest absolute Gasteiger partial charge is 0.273 e. The molecule has 2 fully saturated rings. The molecule has 2 aliphatic rings. The minimum atomic E-state index is -1.14. The van der Waals surface area contributed by atoms with Gasteiger partial charge < -0.3 is 4.74 Å². The number of carbonyl (C=O) groups excluding carboxylic acids is 4. The fourth-order valence-corrected chi connectivity index (χ4v) is 4.96. The number of nitrogens with zero attached hydrogens (tertiary/aromatic N) is 2. The topological polar surface area (TPSA) is 84.0 Å². The van der Waals surface area contributed by atoms with Gasteiger partial charge in [-0.25, -0.2) is 5.01 Å². The minimum absolute atomic E-state index is 0.110. The van der Waals surface area contributed by atoms with Gasteiger partial charge in [-0.05, 0) is 62.2 Å². The average Bonchev–Trinajstić information content (AvgIpc) is 3.10. The number of hydrogen-bond acceptors (Lipinski definition) is 5. The van der Waals surface area contributed by atoms with Gasteiger partial charge in [0.1, 0.15) is 11.8 Å². The van der Waals surface area contributed by atoms with Gasteiger partial charge in [0.2, 0.25) is 0 Å². The molecular formula is C25H24Cl2N2O5. The molecule has 3 atom stereocenters. The quantitative estimate of drug-likeness (QED) is 0.418. The molecule has 3 amide bonds. The van der Waals surface area contributed by atoms with Crippen LogP contribution in [0.4, 0.5) is 0 Å². The number of carbonyl (C=O) groups is 4. The first-order chi connectivity index (χ1) is 16.2. The van der Waals surface area contributed by atoms with Crippen molar-refractivity contribution in [3.8, 4) is 5.75 Å². The number of fused-ring (bicyclic) bond motifs is 1. The van der Waals surface area contributed by atoms with Crippen molar-refractivity contribution in [2.45, 2.75) is 38.6 Å². The monoisotopic (exact) mass is 502 g/mol. The number of rotatable bonds is 6. The number of hydrazine groups is 1. The second-order valence-corrected chi connectivity index (χ2v) is 9.35. The van der Waals surface area contributed by atoms with Gasteiger partial charge >= 0.3 is 0 Å². The van der Waals surface area contributed by atoms with Gasteiger partial charge in [0.05, 0.1) is 29.0 Å². The van der Waals surface area contributed by atoms with E-state index in [1.54, 1.807) is 24.3 Å². The number of benzene rings is 2. The molecule has 0 spiro atoms. The molecule has 1 heterocycles. The summed E-state index contributed by atoms with van der Waals surface area (Å²) in [6.07, 6.45) is 2.85. The van der Waals surface area contributed by atoms with Crippen LogP contribution >= 0.6 is 23.2 Å². The third-order valence-electron chi connectivity index (χ3n) is 6.53. The molecule has 0 unspecified atom stereocenters. The molecule has 1 saturated carbocycles. The number of Topliss-reactive ketones (excluding diaryl/α,β-unsaturated/α-hetero) is 1. The predicted molar refractivity (Wildman–Crippen MR) is 127 cm³/mol. The van der Waals surface area contributed by atoms with Crippen molar-refractivity contribution in [1.29, 1.82) is 0 Å². The number of amides is 3. The molecule has 9 heteroatoms. The van der Waals surface area contributed by atoms with Gasteiger partial charge in [-0.15, -0.1) is 0 Å². The summed E-state index contributed by atoms with van der Waals surface area (Å²) in [5.74, 6) is -2.39. The number of ketones is 1. The van der Waals surface area contributed by atoms with Crippen molar-refractivity contribution >= 4 is 46.7 Å². The zero-order valence-corrected chi connectivity index (χ0v) is 20.3. The van der Waals surface area contributed by atoms with Crippen molar-refractivity contribution in [2.24, 2.45) is 11.8 Å². The van der Waals surface area contributed by atoms with E-state index in [0.29, 0.717) is 24.2 Å². The maximum Gasteiger partial charge on any atom is 0.273 e. The summed E-state index contributed by atoms with van der Waals surface area (Å²) < 4.78 is 5.14. The van der Waals surface area contributed by atoms with Gasteiger partial charge in [0.15, 0.2) is 5.78 Å². The van der Waals surface area contributed by atoms with Crippen LogP contribution in [0.1, 0.15) is 53.3 Å². The van der Waals surface area contributed by atoms with E-state index in [2.05, 4.69) is 0 Å². The molecule has 2 aromatic carbocycles. The Kier molecular flexibility index (Phi) is 6.96. The van der Waals surface area contributed by atoms with Gasteiger partial charge in [-0.2, -0.15) is 5.01 Å². The third kappa shape index (κ3) is 4.30. The van der Waals surface area contributed by atoms with Crippen molar-refractivity contribution in [3.63, 3.8) is 0 Å². The van der Waals surface area contributed by atoms with Crippen molar-refractivity contribution in [2.75, 3.05) is 7.11 Å². The normalized spacial score (nSPS) is 20.6. The molecule has 34 heavy (non-hydrogen) atoms. The molecule has 0 radical (unpaired) electrons. The molecular weight excluding hydrogens is 479 g/mol. The van der Waals surface area contributed by atoms with Gasteiger partial charge in [0.25, 0.3) is 17.7 Å². The van der Waals surface area contributed by atoms with E-state index >= 15 is 0 Å². The second kappa shape index (κ2) is 9.76. The summed E-state index contributed by atoms with van der Waals surface area (Å²) in [4.78, 5) is 53.7. The minimum Gasteiger partial charge on any atom is -0.497 e. The molecule has 1 aliphatic heterocycles. The predicted octanol–water partition coefficient (Wildman–Crippen LogP) is 4.81. The number of imide groups is 1.